The van der Waals surface area contributed by atoms with Crippen LogP contribution in [0, 0.1) is 0 Å². The maximum Gasteiger partial charge on any atom is 0.225 e. The van der Waals surface area contributed by atoms with Crippen LogP contribution in [0.4, 0.5) is 0 Å². The van der Waals surface area contributed by atoms with E-state index in [1.807, 2.05) is 4.90 Å². The Morgan fingerprint density at radius 1 is 1.33 bits per heavy atom. The van der Waals surface area contributed by atoms with E-state index in [1.54, 1.807) is 18.2 Å². The van der Waals surface area contributed by atoms with E-state index in [0.717, 1.165) is 12.8 Å². The van der Waals surface area contributed by atoms with Crippen molar-refractivity contribution >= 4 is 35.0 Å². The van der Waals surface area contributed by atoms with E-state index in [1.165, 1.54) is 0 Å². The minimum absolute atomic E-state index is 0.0939. The molecule has 1 saturated carbocycles. The van der Waals surface area contributed by atoms with Gasteiger partial charge in [-0.25, -0.2) is 0 Å². The Hall–Kier alpha value is -1.26. The summed E-state index contributed by atoms with van der Waals surface area (Å²) < 4.78 is 0. The number of carbonyl (C=O) groups is 2. The number of carbonyl (C=O) groups excluding carboxylic acids is 2. The highest BCUT2D eigenvalue weighted by molar-refractivity contribution is 6.33. The van der Waals surface area contributed by atoms with Crippen LogP contribution >= 0.6 is 23.2 Å². The normalized spacial score (nSPS) is 21.7. The molecule has 21 heavy (non-hydrogen) atoms. The molecule has 1 heterocycles. The quantitative estimate of drug-likeness (QED) is 0.923. The molecule has 1 aliphatic heterocycles. The third-order valence-electron chi connectivity index (χ3n) is 3.87. The maximum atomic E-state index is 12.1. The highest BCUT2D eigenvalue weighted by Crippen LogP contribution is 2.30. The first-order valence-electron chi connectivity index (χ1n) is 7.05. The van der Waals surface area contributed by atoms with Crippen LogP contribution in [0.15, 0.2) is 18.2 Å². The van der Waals surface area contributed by atoms with Gasteiger partial charge in [0.25, 0.3) is 0 Å². The summed E-state index contributed by atoms with van der Waals surface area (Å²) >= 11 is 12.0. The van der Waals surface area contributed by atoms with Crippen molar-refractivity contribution in [2.75, 3.05) is 6.54 Å². The zero-order valence-electron chi connectivity index (χ0n) is 11.4. The van der Waals surface area contributed by atoms with Gasteiger partial charge in [-0.05, 0) is 36.6 Å². The first kappa shape index (κ1) is 14.7. The van der Waals surface area contributed by atoms with Crippen molar-refractivity contribution in [3.8, 4) is 0 Å². The Kier molecular flexibility index (Phi) is 4.09. The van der Waals surface area contributed by atoms with Gasteiger partial charge in [-0.15, -0.1) is 0 Å². The summed E-state index contributed by atoms with van der Waals surface area (Å²) in [5.74, 6) is 0.0122. The maximum absolute atomic E-state index is 12.1. The number of nitrogens with one attached hydrogen (secondary N) is 1. The van der Waals surface area contributed by atoms with Crippen molar-refractivity contribution in [3.63, 3.8) is 0 Å². The number of rotatable bonds is 4. The van der Waals surface area contributed by atoms with Gasteiger partial charge in [-0.2, -0.15) is 0 Å². The van der Waals surface area contributed by atoms with Crippen LogP contribution in [0.2, 0.25) is 10.0 Å². The minimum Gasteiger partial charge on any atom is -0.351 e. The van der Waals surface area contributed by atoms with Crippen molar-refractivity contribution in [2.45, 2.75) is 37.8 Å². The zero-order valence-corrected chi connectivity index (χ0v) is 13.0. The molecule has 2 amide bonds. The Bertz CT molecular complexity index is 587. The summed E-state index contributed by atoms with van der Waals surface area (Å²) in [7, 11) is 0. The minimum atomic E-state index is -0.130. The molecule has 112 valence electrons. The molecular weight excluding hydrogens is 311 g/mol. The Morgan fingerprint density at radius 2 is 2.10 bits per heavy atom. The third-order valence-corrected chi connectivity index (χ3v) is 4.47. The molecule has 1 unspecified atom stereocenters. The SMILES string of the molecule is O=C(Cc1cc(Cl)ccc1Cl)NC1CC(=O)N(C2CC2)C1. The fourth-order valence-electron chi connectivity index (χ4n) is 2.70. The number of halogens is 2. The average Bonchev–Trinajstić information content (AvgIpc) is 3.19. The van der Waals surface area contributed by atoms with E-state index in [0.29, 0.717) is 34.6 Å². The van der Waals surface area contributed by atoms with Crippen LogP contribution in [0.3, 0.4) is 0 Å². The van der Waals surface area contributed by atoms with E-state index in [2.05, 4.69) is 5.32 Å². The molecular formula is C15H16Cl2N2O2. The number of hydrogen-bond acceptors (Lipinski definition) is 2. The van der Waals surface area contributed by atoms with Gasteiger partial charge in [-0.1, -0.05) is 23.2 Å². The molecule has 1 N–H and O–H groups in total. The summed E-state index contributed by atoms with van der Waals surface area (Å²) in [5.41, 5.74) is 0.699. The van der Waals surface area contributed by atoms with Crippen molar-refractivity contribution in [2.24, 2.45) is 0 Å². The lowest BCUT2D eigenvalue weighted by Crippen LogP contribution is -2.38. The fraction of sp³-hybridized carbons (Fsp3) is 0.467. The molecule has 0 spiro atoms. The van der Waals surface area contributed by atoms with E-state index in [-0.39, 0.29) is 24.3 Å². The molecule has 2 fully saturated rings. The van der Waals surface area contributed by atoms with Gasteiger partial charge >= 0.3 is 0 Å². The highest BCUT2D eigenvalue weighted by Gasteiger charge is 2.39. The van der Waals surface area contributed by atoms with Crippen molar-refractivity contribution in [1.29, 1.82) is 0 Å². The van der Waals surface area contributed by atoms with Gasteiger partial charge in [0, 0.05) is 29.1 Å². The van der Waals surface area contributed by atoms with Crippen molar-refractivity contribution in [3.05, 3.63) is 33.8 Å². The summed E-state index contributed by atoms with van der Waals surface area (Å²) in [5, 5.41) is 3.99. The lowest BCUT2D eigenvalue weighted by atomic mass is 10.1. The van der Waals surface area contributed by atoms with Crippen LogP contribution in [0.5, 0.6) is 0 Å². The number of likely N-dealkylation sites (tertiary alicyclic amines) is 1. The van der Waals surface area contributed by atoms with Crippen LogP contribution in [-0.4, -0.2) is 35.3 Å². The van der Waals surface area contributed by atoms with E-state index < -0.39 is 0 Å². The molecule has 1 aromatic rings. The highest BCUT2D eigenvalue weighted by atomic mass is 35.5. The van der Waals surface area contributed by atoms with Crippen LogP contribution in [0.1, 0.15) is 24.8 Å². The lowest BCUT2D eigenvalue weighted by molar-refractivity contribution is -0.128. The largest absolute Gasteiger partial charge is 0.351 e. The summed E-state index contributed by atoms with van der Waals surface area (Å²) in [6.07, 6.45) is 2.74. The number of nitrogens with zero attached hydrogens (tertiary/aromatic N) is 1. The summed E-state index contributed by atoms with van der Waals surface area (Å²) in [4.78, 5) is 25.8. The monoisotopic (exact) mass is 326 g/mol. The van der Waals surface area contributed by atoms with E-state index >= 15 is 0 Å². The predicted molar refractivity (Wildman–Crippen MR) is 81.4 cm³/mol. The van der Waals surface area contributed by atoms with Gasteiger partial charge in [0.05, 0.1) is 12.5 Å². The molecule has 4 nitrogen and oxygen atoms in total. The molecule has 1 saturated heterocycles. The molecule has 0 aromatic heterocycles. The van der Waals surface area contributed by atoms with E-state index in [4.69, 9.17) is 23.2 Å². The molecule has 1 aliphatic carbocycles. The van der Waals surface area contributed by atoms with Crippen LogP contribution in [-0.2, 0) is 16.0 Å². The average molecular weight is 327 g/mol. The van der Waals surface area contributed by atoms with Gasteiger partial charge in [0.2, 0.25) is 11.8 Å². The first-order valence-corrected chi connectivity index (χ1v) is 7.81. The molecule has 2 aliphatic rings. The Morgan fingerprint density at radius 3 is 2.81 bits per heavy atom. The molecule has 3 rings (SSSR count). The van der Waals surface area contributed by atoms with Crippen LogP contribution < -0.4 is 5.32 Å². The molecule has 6 heteroatoms. The standard InChI is InChI=1S/C15H16Cl2N2O2/c16-10-1-4-13(17)9(5-10)6-14(20)18-11-7-15(21)19(8-11)12-2-3-12/h1,4-5,11-12H,2-3,6-8H2,(H,18,20). The van der Waals surface area contributed by atoms with Gasteiger partial charge in [-0.3, -0.25) is 9.59 Å². The first-order chi connectivity index (χ1) is 10.0. The van der Waals surface area contributed by atoms with Crippen LogP contribution in [0.25, 0.3) is 0 Å². The molecule has 0 bridgehead atoms. The second-order valence-corrected chi connectivity index (χ2v) is 6.50. The smallest absolute Gasteiger partial charge is 0.225 e. The summed E-state index contributed by atoms with van der Waals surface area (Å²) in [6, 6.07) is 5.37. The van der Waals surface area contributed by atoms with Gasteiger partial charge in [0.1, 0.15) is 0 Å². The third kappa shape index (κ3) is 3.50. The number of benzene rings is 1. The van der Waals surface area contributed by atoms with Gasteiger partial charge in [0.15, 0.2) is 0 Å². The molecule has 1 atom stereocenters. The van der Waals surface area contributed by atoms with E-state index in [9.17, 15) is 9.59 Å². The number of amides is 2. The fourth-order valence-corrected chi connectivity index (χ4v) is 3.08. The number of hydrogen-bond donors (Lipinski definition) is 1. The Labute approximate surface area is 133 Å². The predicted octanol–water partition coefficient (Wildman–Crippen LogP) is 2.42. The van der Waals surface area contributed by atoms with Gasteiger partial charge < -0.3 is 10.2 Å². The van der Waals surface area contributed by atoms with Crippen molar-refractivity contribution in [1.82, 2.24) is 10.2 Å². The molecule has 0 radical (unpaired) electrons. The summed E-state index contributed by atoms with van der Waals surface area (Å²) in [6.45, 7) is 0.624. The molecule has 1 aromatic carbocycles. The lowest BCUT2D eigenvalue weighted by Gasteiger charge is -2.16. The second-order valence-electron chi connectivity index (χ2n) is 5.66. The zero-order chi connectivity index (χ0) is 15.0. The second kappa shape index (κ2) is 5.85. The topological polar surface area (TPSA) is 49.4 Å². The Balaban J connectivity index is 1.57. The van der Waals surface area contributed by atoms with Crippen molar-refractivity contribution < 1.29 is 9.59 Å².